The molecule has 25 heavy (non-hydrogen) atoms. The topological polar surface area (TPSA) is 84.6 Å². The lowest BCUT2D eigenvalue weighted by Gasteiger charge is -2.12. The number of ether oxygens (including phenoxy) is 1. The quantitative estimate of drug-likeness (QED) is 0.742. The first-order valence-electron chi connectivity index (χ1n) is 8.49. The van der Waals surface area contributed by atoms with Gasteiger partial charge in [-0.1, -0.05) is 29.8 Å². The number of hydrogen-bond donors (Lipinski definition) is 2. The van der Waals surface area contributed by atoms with Gasteiger partial charge in [0.2, 0.25) is 0 Å². The molecule has 0 aliphatic carbocycles. The van der Waals surface area contributed by atoms with Gasteiger partial charge in [0.15, 0.2) is 11.5 Å². The number of rotatable bonds is 5. The highest BCUT2D eigenvalue weighted by Gasteiger charge is 2.29. The molecule has 1 aromatic carbocycles. The number of aliphatic hydroxyl groups excluding tert-OH is 1. The molecule has 1 saturated heterocycles. The van der Waals surface area contributed by atoms with Crippen molar-refractivity contribution < 1.29 is 9.84 Å². The predicted octanol–water partition coefficient (Wildman–Crippen LogP) is 2.26. The molecule has 130 valence electrons. The number of anilines is 1. The molecule has 0 radical (unpaired) electrons. The number of imidazole rings is 1. The number of fused-ring (bicyclic) bond motifs is 1. The van der Waals surface area contributed by atoms with Gasteiger partial charge >= 0.3 is 0 Å². The van der Waals surface area contributed by atoms with Gasteiger partial charge in [-0.3, -0.25) is 0 Å². The fourth-order valence-electron chi connectivity index (χ4n) is 3.24. The normalized spacial score (nSPS) is 20.2. The Hall–Kier alpha value is -2.51. The van der Waals surface area contributed by atoms with Crippen molar-refractivity contribution in [1.29, 1.82) is 0 Å². The number of benzene rings is 1. The summed E-state index contributed by atoms with van der Waals surface area (Å²) in [7, 11) is 0. The largest absolute Gasteiger partial charge is 0.394 e. The van der Waals surface area contributed by atoms with Gasteiger partial charge < -0.3 is 15.2 Å². The van der Waals surface area contributed by atoms with Crippen molar-refractivity contribution in [1.82, 2.24) is 19.6 Å². The van der Waals surface area contributed by atoms with Crippen LogP contribution < -0.4 is 5.32 Å². The summed E-state index contributed by atoms with van der Waals surface area (Å²) < 4.78 is 7.63. The van der Waals surface area contributed by atoms with Gasteiger partial charge in [-0.15, -0.1) is 0 Å². The highest BCUT2D eigenvalue weighted by atomic mass is 16.5. The highest BCUT2D eigenvalue weighted by molar-refractivity contribution is 5.62. The standard InChI is InChI=1S/C18H21N5O2/c1-12-3-2-4-13(7-12)8-19-17-18-20-9-15(23(18)22-11-21-17)16-6-5-14(10-24)25-16/h2-4,7,9,11,14,16,24H,5-6,8,10H2,1H3,(H,19,21,22). The Bertz CT molecular complexity index is 879. The van der Waals surface area contributed by atoms with Crippen LogP contribution in [0.25, 0.3) is 5.65 Å². The van der Waals surface area contributed by atoms with E-state index in [2.05, 4.69) is 45.5 Å². The summed E-state index contributed by atoms with van der Waals surface area (Å²) in [5.74, 6) is 0.694. The third-order valence-electron chi connectivity index (χ3n) is 4.51. The summed E-state index contributed by atoms with van der Waals surface area (Å²) in [5.41, 5.74) is 3.99. The van der Waals surface area contributed by atoms with Crippen molar-refractivity contribution in [2.24, 2.45) is 0 Å². The van der Waals surface area contributed by atoms with Crippen molar-refractivity contribution in [2.75, 3.05) is 11.9 Å². The molecule has 1 aliphatic rings. The summed E-state index contributed by atoms with van der Waals surface area (Å²) >= 11 is 0. The molecule has 7 nitrogen and oxygen atoms in total. The van der Waals surface area contributed by atoms with E-state index in [-0.39, 0.29) is 18.8 Å². The zero-order valence-corrected chi connectivity index (χ0v) is 14.1. The Kier molecular flexibility index (Phi) is 4.33. The minimum Gasteiger partial charge on any atom is -0.394 e. The average Bonchev–Trinajstić information content (AvgIpc) is 3.26. The van der Waals surface area contributed by atoms with Crippen LogP contribution in [0.3, 0.4) is 0 Å². The van der Waals surface area contributed by atoms with Crippen LogP contribution in [0.2, 0.25) is 0 Å². The van der Waals surface area contributed by atoms with Crippen molar-refractivity contribution in [2.45, 2.75) is 38.5 Å². The first-order chi connectivity index (χ1) is 12.2. The van der Waals surface area contributed by atoms with Crippen LogP contribution in [0.5, 0.6) is 0 Å². The molecule has 1 fully saturated rings. The fraction of sp³-hybridized carbons (Fsp3) is 0.389. The van der Waals surface area contributed by atoms with E-state index < -0.39 is 0 Å². The number of hydrogen-bond acceptors (Lipinski definition) is 6. The number of aromatic nitrogens is 4. The Morgan fingerprint density at radius 3 is 3.04 bits per heavy atom. The second-order valence-electron chi connectivity index (χ2n) is 6.38. The van der Waals surface area contributed by atoms with Crippen molar-refractivity contribution >= 4 is 11.5 Å². The van der Waals surface area contributed by atoms with E-state index in [1.165, 1.54) is 17.5 Å². The molecule has 4 rings (SSSR count). The van der Waals surface area contributed by atoms with E-state index in [4.69, 9.17) is 4.74 Å². The summed E-state index contributed by atoms with van der Waals surface area (Å²) in [5, 5.41) is 16.9. The zero-order valence-electron chi connectivity index (χ0n) is 14.1. The van der Waals surface area contributed by atoms with E-state index in [0.29, 0.717) is 18.0 Å². The van der Waals surface area contributed by atoms with Gasteiger partial charge in [-0.25, -0.2) is 14.5 Å². The van der Waals surface area contributed by atoms with Crippen LogP contribution in [-0.2, 0) is 11.3 Å². The monoisotopic (exact) mass is 339 g/mol. The van der Waals surface area contributed by atoms with Crippen LogP contribution in [-0.4, -0.2) is 37.4 Å². The minimum absolute atomic E-state index is 0.0471. The zero-order chi connectivity index (χ0) is 17.2. The van der Waals surface area contributed by atoms with E-state index in [0.717, 1.165) is 18.5 Å². The van der Waals surface area contributed by atoms with Gasteiger partial charge in [0, 0.05) is 6.54 Å². The lowest BCUT2D eigenvalue weighted by atomic mass is 10.1. The molecule has 2 aromatic heterocycles. The molecule has 7 heteroatoms. The second kappa shape index (κ2) is 6.78. The van der Waals surface area contributed by atoms with Gasteiger partial charge in [-0.2, -0.15) is 5.10 Å². The molecule has 1 aliphatic heterocycles. The van der Waals surface area contributed by atoms with E-state index in [1.54, 1.807) is 10.7 Å². The van der Waals surface area contributed by atoms with Crippen LogP contribution in [0.1, 0.15) is 35.8 Å². The van der Waals surface area contributed by atoms with Crippen LogP contribution in [0, 0.1) is 6.92 Å². The summed E-state index contributed by atoms with van der Waals surface area (Å²) in [6.07, 6.45) is 4.82. The fourth-order valence-corrected chi connectivity index (χ4v) is 3.24. The van der Waals surface area contributed by atoms with Gasteiger partial charge in [0.1, 0.15) is 12.4 Å². The molecular formula is C18H21N5O2. The third kappa shape index (κ3) is 3.20. The van der Waals surface area contributed by atoms with Crippen LogP contribution in [0.4, 0.5) is 5.82 Å². The Balaban J connectivity index is 1.57. The SMILES string of the molecule is Cc1cccc(CNc2ncnn3c(C4CCC(CO)O4)cnc23)c1. The Morgan fingerprint density at radius 2 is 2.24 bits per heavy atom. The first-order valence-corrected chi connectivity index (χ1v) is 8.49. The van der Waals surface area contributed by atoms with E-state index in [9.17, 15) is 5.11 Å². The molecule has 0 saturated carbocycles. The smallest absolute Gasteiger partial charge is 0.197 e. The molecule has 0 spiro atoms. The maximum absolute atomic E-state index is 9.25. The Morgan fingerprint density at radius 1 is 1.32 bits per heavy atom. The molecule has 2 N–H and O–H groups in total. The maximum Gasteiger partial charge on any atom is 0.197 e. The average molecular weight is 339 g/mol. The van der Waals surface area contributed by atoms with Crippen LogP contribution in [0.15, 0.2) is 36.8 Å². The van der Waals surface area contributed by atoms with Crippen molar-refractivity contribution in [3.8, 4) is 0 Å². The molecule has 0 bridgehead atoms. The van der Waals surface area contributed by atoms with Crippen molar-refractivity contribution in [3.63, 3.8) is 0 Å². The minimum atomic E-state index is -0.101. The highest BCUT2D eigenvalue weighted by Crippen LogP contribution is 2.33. The maximum atomic E-state index is 9.25. The lowest BCUT2D eigenvalue weighted by Crippen LogP contribution is -2.12. The van der Waals surface area contributed by atoms with Crippen LogP contribution >= 0.6 is 0 Å². The number of nitrogens with zero attached hydrogens (tertiary/aromatic N) is 4. The number of nitrogens with one attached hydrogen (secondary N) is 1. The summed E-state index contributed by atoms with van der Waals surface area (Å²) in [6.45, 7) is 2.79. The summed E-state index contributed by atoms with van der Waals surface area (Å²) in [4.78, 5) is 8.81. The first kappa shape index (κ1) is 16.0. The van der Waals surface area contributed by atoms with Gasteiger partial charge in [0.25, 0.3) is 0 Å². The Labute approximate surface area is 145 Å². The molecular weight excluding hydrogens is 318 g/mol. The molecule has 0 amide bonds. The second-order valence-corrected chi connectivity index (χ2v) is 6.38. The molecule has 3 heterocycles. The van der Waals surface area contributed by atoms with Gasteiger partial charge in [-0.05, 0) is 25.3 Å². The van der Waals surface area contributed by atoms with Gasteiger partial charge in [0.05, 0.1) is 24.6 Å². The number of aliphatic hydroxyl groups is 1. The van der Waals surface area contributed by atoms with E-state index >= 15 is 0 Å². The predicted molar refractivity (Wildman–Crippen MR) is 93.2 cm³/mol. The van der Waals surface area contributed by atoms with E-state index in [1.807, 2.05) is 6.07 Å². The third-order valence-corrected chi connectivity index (χ3v) is 4.51. The molecule has 2 atom stereocenters. The molecule has 3 aromatic rings. The lowest BCUT2D eigenvalue weighted by molar-refractivity contribution is 0.00851. The van der Waals surface area contributed by atoms with Crippen molar-refractivity contribution in [3.05, 3.63) is 53.6 Å². The number of aryl methyl sites for hydroxylation is 1. The molecule has 2 unspecified atom stereocenters. The summed E-state index contributed by atoms with van der Waals surface area (Å²) in [6, 6.07) is 8.35.